The van der Waals surface area contributed by atoms with Crippen LogP contribution in [0.1, 0.15) is 6.92 Å². The fourth-order valence-electron chi connectivity index (χ4n) is 1.83. The van der Waals surface area contributed by atoms with E-state index in [1.54, 1.807) is 12.1 Å². The lowest BCUT2D eigenvalue weighted by Crippen LogP contribution is -2.44. The van der Waals surface area contributed by atoms with Crippen LogP contribution in [0.15, 0.2) is 18.3 Å². The van der Waals surface area contributed by atoms with Crippen molar-refractivity contribution in [3.05, 3.63) is 24.3 Å². The highest BCUT2D eigenvalue weighted by Gasteiger charge is 2.20. The molecule has 0 bridgehead atoms. The Labute approximate surface area is 100 Å². The van der Waals surface area contributed by atoms with E-state index in [0.29, 0.717) is 13.2 Å². The number of nitrogens with zero attached hydrogens (tertiary/aromatic N) is 2. The van der Waals surface area contributed by atoms with E-state index in [1.807, 2.05) is 0 Å². The van der Waals surface area contributed by atoms with E-state index in [0.717, 1.165) is 19.6 Å². The first-order valence-electron chi connectivity index (χ1n) is 5.87. The first-order chi connectivity index (χ1) is 8.29. The third-order valence-corrected chi connectivity index (χ3v) is 2.82. The normalized spacial score (nSPS) is 21.4. The van der Waals surface area contributed by atoms with Crippen molar-refractivity contribution in [3.63, 3.8) is 0 Å². The molecule has 1 unspecified atom stereocenters. The Bertz CT molecular complexity index is 362. The standard InChI is InChI=1S/C12H17FN2O2/c1-2-15-6-7-16-10(8-15)9-17-11-4-3-5-14-12(11)13/h3-5,10H,2,6-9H2,1H3. The van der Waals surface area contributed by atoms with Gasteiger partial charge in [-0.05, 0) is 18.7 Å². The van der Waals surface area contributed by atoms with Gasteiger partial charge in [-0.15, -0.1) is 0 Å². The van der Waals surface area contributed by atoms with E-state index >= 15 is 0 Å². The summed E-state index contributed by atoms with van der Waals surface area (Å²) in [4.78, 5) is 5.82. The Morgan fingerprint density at radius 2 is 2.53 bits per heavy atom. The van der Waals surface area contributed by atoms with Gasteiger partial charge < -0.3 is 9.47 Å². The fraction of sp³-hybridized carbons (Fsp3) is 0.583. The summed E-state index contributed by atoms with van der Waals surface area (Å²) in [6.07, 6.45) is 1.40. The molecule has 1 fully saturated rings. The van der Waals surface area contributed by atoms with Crippen LogP contribution in [0.3, 0.4) is 0 Å². The number of hydrogen-bond acceptors (Lipinski definition) is 4. The molecule has 4 nitrogen and oxygen atoms in total. The van der Waals surface area contributed by atoms with Crippen LogP contribution in [-0.2, 0) is 4.74 Å². The van der Waals surface area contributed by atoms with Crippen molar-refractivity contribution in [1.82, 2.24) is 9.88 Å². The Morgan fingerprint density at radius 3 is 3.29 bits per heavy atom. The molecule has 5 heteroatoms. The Kier molecular flexibility index (Phi) is 4.28. The lowest BCUT2D eigenvalue weighted by molar-refractivity contribution is -0.0469. The second kappa shape index (κ2) is 5.93. The van der Waals surface area contributed by atoms with E-state index < -0.39 is 5.95 Å². The highest BCUT2D eigenvalue weighted by Crippen LogP contribution is 2.14. The third-order valence-electron chi connectivity index (χ3n) is 2.82. The summed E-state index contributed by atoms with van der Waals surface area (Å²) in [6.45, 7) is 5.97. The smallest absolute Gasteiger partial charge is 0.255 e. The third kappa shape index (κ3) is 3.38. The van der Waals surface area contributed by atoms with Crippen molar-refractivity contribution in [2.45, 2.75) is 13.0 Å². The van der Waals surface area contributed by atoms with E-state index in [9.17, 15) is 4.39 Å². The predicted molar refractivity (Wildman–Crippen MR) is 61.5 cm³/mol. The zero-order valence-corrected chi connectivity index (χ0v) is 9.93. The van der Waals surface area contributed by atoms with E-state index in [4.69, 9.17) is 9.47 Å². The first kappa shape index (κ1) is 12.3. The van der Waals surface area contributed by atoms with Crippen LogP contribution < -0.4 is 4.74 Å². The molecule has 1 saturated heterocycles. The van der Waals surface area contributed by atoms with Gasteiger partial charge in [-0.25, -0.2) is 4.98 Å². The van der Waals surface area contributed by atoms with Gasteiger partial charge in [0.05, 0.1) is 6.61 Å². The SMILES string of the molecule is CCN1CCOC(COc2cccnc2F)C1. The topological polar surface area (TPSA) is 34.6 Å². The fourth-order valence-corrected chi connectivity index (χ4v) is 1.83. The Morgan fingerprint density at radius 1 is 1.65 bits per heavy atom. The number of rotatable bonds is 4. The molecule has 2 heterocycles. The highest BCUT2D eigenvalue weighted by atomic mass is 19.1. The van der Waals surface area contributed by atoms with Crippen molar-refractivity contribution in [2.75, 3.05) is 32.8 Å². The van der Waals surface area contributed by atoms with E-state index in [-0.39, 0.29) is 11.9 Å². The van der Waals surface area contributed by atoms with Crippen LogP contribution in [0, 0.1) is 5.95 Å². The summed E-state index contributed by atoms with van der Waals surface area (Å²) in [5.74, 6) is -0.389. The minimum Gasteiger partial charge on any atom is -0.486 e. The molecule has 2 rings (SSSR count). The van der Waals surface area contributed by atoms with Crippen molar-refractivity contribution in [2.24, 2.45) is 0 Å². The monoisotopic (exact) mass is 240 g/mol. The minimum absolute atomic E-state index is 0.00306. The largest absolute Gasteiger partial charge is 0.486 e. The van der Waals surface area contributed by atoms with Crippen LogP contribution in [0.5, 0.6) is 5.75 Å². The number of aromatic nitrogens is 1. The highest BCUT2D eigenvalue weighted by molar-refractivity contribution is 5.17. The molecule has 0 amide bonds. The quantitative estimate of drug-likeness (QED) is 0.743. The summed E-state index contributed by atoms with van der Waals surface area (Å²) in [7, 11) is 0. The van der Waals surface area contributed by atoms with Gasteiger partial charge in [-0.2, -0.15) is 4.39 Å². The van der Waals surface area contributed by atoms with Gasteiger partial charge in [0.2, 0.25) is 0 Å². The molecule has 1 aromatic rings. The van der Waals surface area contributed by atoms with Gasteiger partial charge >= 0.3 is 0 Å². The summed E-state index contributed by atoms with van der Waals surface area (Å²) < 4.78 is 24.1. The van der Waals surface area contributed by atoms with Gasteiger partial charge in [-0.1, -0.05) is 6.92 Å². The predicted octanol–water partition coefficient (Wildman–Crippen LogP) is 1.32. The van der Waals surface area contributed by atoms with E-state index in [2.05, 4.69) is 16.8 Å². The zero-order valence-electron chi connectivity index (χ0n) is 9.93. The summed E-state index contributed by atoms with van der Waals surface area (Å²) >= 11 is 0. The van der Waals surface area contributed by atoms with Gasteiger partial charge in [0.15, 0.2) is 5.75 Å². The molecule has 0 spiro atoms. The Balaban J connectivity index is 1.84. The number of likely N-dealkylation sites (N-methyl/N-ethyl adjacent to an activating group) is 1. The van der Waals surface area contributed by atoms with Crippen LogP contribution in [0.25, 0.3) is 0 Å². The number of pyridine rings is 1. The molecule has 0 aromatic carbocycles. The van der Waals surface area contributed by atoms with Gasteiger partial charge in [0.25, 0.3) is 5.95 Å². The van der Waals surface area contributed by atoms with Crippen LogP contribution in [-0.4, -0.2) is 48.8 Å². The molecule has 94 valence electrons. The maximum absolute atomic E-state index is 13.2. The number of halogens is 1. The van der Waals surface area contributed by atoms with Crippen LogP contribution >= 0.6 is 0 Å². The van der Waals surface area contributed by atoms with Crippen molar-refractivity contribution in [3.8, 4) is 5.75 Å². The second-order valence-electron chi connectivity index (χ2n) is 3.99. The molecule has 17 heavy (non-hydrogen) atoms. The van der Waals surface area contributed by atoms with E-state index in [1.165, 1.54) is 6.20 Å². The minimum atomic E-state index is -0.573. The number of morpholine rings is 1. The summed E-state index contributed by atoms with van der Waals surface area (Å²) in [5, 5.41) is 0. The average Bonchev–Trinajstić information content (AvgIpc) is 2.38. The zero-order chi connectivity index (χ0) is 12.1. The number of hydrogen-bond donors (Lipinski definition) is 0. The average molecular weight is 240 g/mol. The molecule has 1 atom stereocenters. The molecule has 1 aliphatic rings. The molecular formula is C12H17FN2O2. The number of ether oxygens (including phenoxy) is 2. The maximum atomic E-state index is 13.2. The summed E-state index contributed by atoms with van der Waals surface area (Å²) in [5.41, 5.74) is 0. The van der Waals surface area contributed by atoms with Crippen LogP contribution in [0.2, 0.25) is 0 Å². The Hall–Kier alpha value is -1.20. The van der Waals surface area contributed by atoms with Crippen molar-refractivity contribution < 1.29 is 13.9 Å². The van der Waals surface area contributed by atoms with Gasteiger partial charge in [0, 0.05) is 19.3 Å². The van der Waals surface area contributed by atoms with Crippen LogP contribution in [0.4, 0.5) is 4.39 Å². The van der Waals surface area contributed by atoms with Crippen molar-refractivity contribution in [1.29, 1.82) is 0 Å². The molecule has 0 N–H and O–H groups in total. The molecule has 0 aliphatic carbocycles. The molecular weight excluding hydrogens is 223 g/mol. The lowest BCUT2D eigenvalue weighted by Gasteiger charge is -2.31. The van der Waals surface area contributed by atoms with Gasteiger partial charge in [-0.3, -0.25) is 4.90 Å². The molecule has 0 saturated carbocycles. The molecule has 0 radical (unpaired) electrons. The maximum Gasteiger partial charge on any atom is 0.255 e. The second-order valence-corrected chi connectivity index (χ2v) is 3.99. The molecule has 1 aliphatic heterocycles. The van der Waals surface area contributed by atoms with Crippen molar-refractivity contribution >= 4 is 0 Å². The molecule has 1 aromatic heterocycles. The first-order valence-corrected chi connectivity index (χ1v) is 5.87. The lowest BCUT2D eigenvalue weighted by atomic mass is 10.3. The summed E-state index contributed by atoms with van der Waals surface area (Å²) in [6, 6.07) is 3.22. The van der Waals surface area contributed by atoms with Gasteiger partial charge in [0.1, 0.15) is 12.7 Å².